The number of amides is 6. The molecule has 45 heavy (non-hydrogen) atoms. The molecular formula is C30H33F4N5O6. The van der Waals surface area contributed by atoms with Gasteiger partial charge in [0.25, 0.3) is 11.8 Å². The van der Waals surface area contributed by atoms with Crippen LogP contribution in [0.25, 0.3) is 0 Å². The largest absolute Gasteiger partial charge is 0.465 e. The van der Waals surface area contributed by atoms with Gasteiger partial charge in [-0.1, -0.05) is 13.8 Å². The Balaban J connectivity index is 1.54. The van der Waals surface area contributed by atoms with E-state index in [2.05, 4.69) is 5.32 Å². The zero-order valence-corrected chi connectivity index (χ0v) is 25.0. The van der Waals surface area contributed by atoms with Gasteiger partial charge in [-0.3, -0.25) is 29.1 Å². The van der Waals surface area contributed by atoms with E-state index in [1.165, 1.54) is 29.0 Å². The van der Waals surface area contributed by atoms with E-state index in [4.69, 9.17) is 0 Å². The first-order valence-corrected chi connectivity index (χ1v) is 14.2. The Morgan fingerprint density at radius 3 is 2.16 bits per heavy atom. The number of carboxylic acid groups (broad SMARTS) is 1. The van der Waals surface area contributed by atoms with Crippen LogP contribution in [0, 0.1) is 11.7 Å². The summed E-state index contributed by atoms with van der Waals surface area (Å²) in [6.07, 6.45) is -5.89. The van der Waals surface area contributed by atoms with E-state index in [1.807, 2.05) is 0 Å². The molecular weight excluding hydrogens is 602 g/mol. The molecule has 2 aromatic rings. The molecule has 6 amide bonds. The van der Waals surface area contributed by atoms with Gasteiger partial charge in [-0.15, -0.1) is 0 Å². The molecule has 0 aromatic heterocycles. The smallest absolute Gasteiger partial charge is 0.416 e. The lowest BCUT2D eigenvalue weighted by Gasteiger charge is -2.43. The third-order valence-electron chi connectivity index (χ3n) is 8.24. The SMILES string of the molecule is CCN(C(=O)O)c1ccc(N2C(=O)N(C)C(=O)C23CCN(C(=O)C(NC(=O)c2cc(C(F)(F)F)ccc2F)C(C)C)CC3)cc1. The minimum Gasteiger partial charge on any atom is -0.465 e. The van der Waals surface area contributed by atoms with Gasteiger partial charge in [0, 0.05) is 38.1 Å². The molecule has 4 rings (SSSR count). The number of benzene rings is 2. The molecule has 0 radical (unpaired) electrons. The van der Waals surface area contributed by atoms with Crippen LogP contribution in [0.5, 0.6) is 0 Å². The van der Waals surface area contributed by atoms with Crippen molar-refractivity contribution < 1.29 is 46.6 Å². The summed E-state index contributed by atoms with van der Waals surface area (Å²) >= 11 is 0. The molecule has 2 aromatic carbocycles. The van der Waals surface area contributed by atoms with Gasteiger partial charge in [0.1, 0.15) is 17.4 Å². The number of imide groups is 1. The molecule has 0 saturated carbocycles. The number of piperidine rings is 1. The lowest BCUT2D eigenvalue weighted by Crippen LogP contribution is -2.60. The van der Waals surface area contributed by atoms with E-state index >= 15 is 0 Å². The van der Waals surface area contributed by atoms with Crippen LogP contribution in [-0.4, -0.2) is 83.0 Å². The zero-order chi connectivity index (χ0) is 33.4. The molecule has 11 nitrogen and oxygen atoms in total. The Hall–Kier alpha value is -4.69. The van der Waals surface area contributed by atoms with Crippen LogP contribution < -0.4 is 15.1 Å². The summed E-state index contributed by atoms with van der Waals surface area (Å²) in [4.78, 5) is 69.5. The molecule has 2 fully saturated rings. The van der Waals surface area contributed by atoms with Crippen LogP contribution in [0.2, 0.25) is 0 Å². The van der Waals surface area contributed by atoms with Gasteiger partial charge in [-0.25, -0.2) is 14.0 Å². The molecule has 0 aliphatic carbocycles. The maximum Gasteiger partial charge on any atom is 0.416 e. The number of nitrogens with one attached hydrogen (secondary N) is 1. The van der Waals surface area contributed by atoms with E-state index in [0.29, 0.717) is 29.6 Å². The number of anilines is 2. The maximum atomic E-state index is 14.4. The topological polar surface area (TPSA) is 131 Å². The number of likely N-dealkylation sites (tertiary alicyclic amines) is 1. The number of alkyl halides is 3. The third kappa shape index (κ3) is 6.15. The van der Waals surface area contributed by atoms with Crippen molar-refractivity contribution in [2.45, 2.75) is 51.4 Å². The number of carbonyl (C=O) groups excluding carboxylic acids is 4. The Labute approximate surface area is 256 Å². The highest BCUT2D eigenvalue weighted by atomic mass is 19.4. The fourth-order valence-electron chi connectivity index (χ4n) is 5.73. The summed E-state index contributed by atoms with van der Waals surface area (Å²) in [7, 11) is 1.35. The molecule has 0 bridgehead atoms. The Kier molecular flexibility index (Phi) is 9.12. The molecule has 1 unspecified atom stereocenters. The van der Waals surface area contributed by atoms with Crippen molar-refractivity contribution in [1.29, 1.82) is 0 Å². The number of carbonyl (C=O) groups is 5. The molecule has 1 atom stereocenters. The van der Waals surface area contributed by atoms with Crippen LogP contribution in [0.1, 0.15) is 49.5 Å². The zero-order valence-electron chi connectivity index (χ0n) is 25.0. The van der Waals surface area contributed by atoms with Crippen molar-refractivity contribution >= 4 is 41.2 Å². The van der Waals surface area contributed by atoms with Crippen LogP contribution in [0.4, 0.5) is 38.5 Å². The van der Waals surface area contributed by atoms with Gasteiger partial charge in [-0.2, -0.15) is 13.2 Å². The average Bonchev–Trinajstić information content (AvgIpc) is 3.16. The summed E-state index contributed by atoms with van der Waals surface area (Å²) in [6.45, 7) is 5.09. The molecule has 15 heteroatoms. The van der Waals surface area contributed by atoms with Gasteiger partial charge in [0.05, 0.1) is 11.1 Å². The first-order chi connectivity index (χ1) is 21.0. The first kappa shape index (κ1) is 33.2. The summed E-state index contributed by atoms with van der Waals surface area (Å²) in [6, 6.07) is 5.77. The van der Waals surface area contributed by atoms with Gasteiger partial charge in [0.2, 0.25) is 5.91 Å². The van der Waals surface area contributed by atoms with Crippen LogP contribution >= 0.6 is 0 Å². The molecule has 1 spiro atoms. The van der Waals surface area contributed by atoms with Gasteiger partial charge in [0.15, 0.2) is 0 Å². The monoisotopic (exact) mass is 635 g/mol. The third-order valence-corrected chi connectivity index (χ3v) is 8.24. The molecule has 2 saturated heterocycles. The van der Waals surface area contributed by atoms with E-state index in [-0.39, 0.29) is 32.5 Å². The average molecular weight is 636 g/mol. The fraction of sp³-hybridized carbons (Fsp3) is 0.433. The molecule has 2 heterocycles. The van der Waals surface area contributed by atoms with Crippen molar-refractivity contribution in [3.63, 3.8) is 0 Å². The number of nitrogens with zero attached hydrogens (tertiary/aromatic N) is 4. The Morgan fingerprint density at radius 1 is 1.04 bits per heavy atom. The lowest BCUT2D eigenvalue weighted by molar-refractivity contribution is -0.139. The van der Waals surface area contributed by atoms with Gasteiger partial charge in [-0.05, 0) is 68.1 Å². The van der Waals surface area contributed by atoms with Crippen molar-refractivity contribution in [1.82, 2.24) is 15.1 Å². The number of likely N-dealkylation sites (N-methyl/N-ethyl adjacent to an activating group) is 1. The Bertz CT molecular complexity index is 1510. The summed E-state index contributed by atoms with van der Waals surface area (Å²) < 4.78 is 53.9. The number of hydrogen-bond acceptors (Lipinski definition) is 5. The van der Waals surface area contributed by atoms with Crippen LogP contribution in [0.3, 0.4) is 0 Å². The standard InChI is InChI=1S/C30H33F4N5O6/c1-5-38(28(44)45)19-7-9-20(10-8-19)39-27(43)36(4)26(42)29(39)12-14-37(15-13-29)25(41)23(17(2)3)35-24(40)21-16-18(30(32,33)34)6-11-22(21)31/h6-11,16-17,23H,5,12-15H2,1-4H3,(H,35,40)(H,44,45). The number of rotatable bonds is 7. The van der Waals surface area contributed by atoms with Crippen molar-refractivity contribution in [2.75, 3.05) is 36.5 Å². The normalized spacial score (nSPS) is 17.2. The highest BCUT2D eigenvalue weighted by molar-refractivity contribution is 6.17. The highest BCUT2D eigenvalue weighted by Gasteiger charge is 2.58. The van der Waals surface area contributed by atoms with E-state index in [1.54, 1.807) is 32.9 Å². The molecule has 2 aliphatic rings. The Morgan fingerprint density at radius 2 is 1.64 bits per heavy atom. The number of hydrogen-bond donors (Lipinski definition) is 2. The second-order valence-electron chi connectivity index (χ2n) is 11.3. The predicted molar refractivity (Wildman–Crippen MR) is 154 cm³/mol. The van der Waals surface area contributed by atoms with Crippen molar-refractivity contribution in [2.24, 2.45) is 5.92 Å². The van der Waals surface area contributed by atoms with Gasteiger partial charge >= 0.3 is 18.3 Å². The van der Waals surface area contributed by atoms with Crippen LogP contribution in [0.15, 0.2) is 42.5 Å². The molecule has 242 valence electrons. The maximum absolute atomic E-state index is 14.4. The summed E-state index contributed by atoms with van der Waals surface area (Å²) in [5.41, 5.74) is -2.67. The minimum absolute atomic E-state index is 0.0000853. The quantitative estimate of drug-likeness (QED) is 0.339. The second kappa shape index (κ2) is 12.4. The van der Waals surface area contributed by atoms with Gasteiger partial charge < -0.3 is 15.3 Å². The van der Waals surface area contributed by atoms with E-state index in [9.17, 15) is 46.6 Å². The number of halogens is 4. The highest BCUT2D eigenvalue weighted by Crippen LogP contribution is 2.41. The second-order valence-corrected chi connectivity index (χ2v) is 11.3. The summed E-state index contributed by atoms with van der Waals surface area (Å²) in [5, 5.41) is 11.8. The predicted octanol–water partition coefficient (Wildman–Crippen LogP) is 4.56. The molecule has 2 aliphatic heterocycles. The molecule has 2 N–H and O–H groups in total. The van der Waals surface area contributed by atoms with Crippen LogP contribution in [-0.2, 0) is 15.8 Å². The van der Waals surface area contributed by atoms with Crippen molar-refractivity contribution in [3.8, 4) is 0 Å². The van der Waals surface area contributed by atoms with E-state index in [0.717, 1.165) is 9.80 Å². The number of urea groups is 1. The van der Waals surface area contributed by atoms with Crippen molar-refractivity contribution in [3.05, 3.63) is 59.4 Å². The minimum atomic E-state index is -4.81. The fourth-order valence-corrected chi connectivity index (χ4v) is 5.73. The first-order valence-electron chi connectivity index (χ1n) is 14.2. The lowest BCUT2D eigenvalue weighted by atomic mass is 9.85. The van der Waals surface area contributed by atoms with E-state index < -0.39 is 70.5 Å². The summed E-state index contributed by atoms with van der Waals surface area (Å²) in [5.74, 6) is -3.94.